The molecule has 0 bridgehead atoms. The molecular formula is C29H30ClN3O. The van der Waals surface area contributed by atoms with E-state index in [1.807, 2.05) is 48.5 Å². The molecule has 1 fully saturated rings. The van der Waals surface area contributed by atoms with Crippen molar-refractivity contribution in [2.75, 3.05) is 19.6 Å². The van der Waals surface area contributed by atoms with Crippen LogP contribution in [-0.2, 0) is 12.8 Å². The fourth-order valence-electron chi connectivity index (χ4n) is 4.99. The molecule has 1 atom stereocenters. The largest absolute Gasteiger partial charge is 0.303 e. The minimum atomic E-state index is 0.0261. The van der Waals surface area contributed by atoms with Crippen molar-refractivity contribution in [3.05, 3.63) is 111 Å². The first kappa shape index (κ1) is 22.8. The Balaban J connectivity index is 1.38. The third-order valence-electron chi connectivity index (χ3n) is 6.89. The average molecular weight is 472 g/mol. The quantitative estimate of drug-likeness (QED) is 0.351. The molecule has 1 saturated heterocycles. The van der Waals surface area contributed by atoms with E-state index < -0.39 is 0 Å². The minimum absolute atomic E-state index is 0.0261. The maximum Gasteiger partial charge on any atom is 0.274 e. The molecule has 3 aromatic carbocycles. The summed E-state index contributed by atoms with van der Waals surface area (Å²) in [6.45, 7) is 3.12. The van der Waals surface area contributed by atoms with Crippen molar-refractivity contribution < 1.29 is 0 Å². The monoisotopic (exact) mass is 471 g/mol. The van der Waals surface area contributed by atoms with Gasteiger partial charge in [-0.15, -0.1) is 0 Å². The second-order valence-electron chi connectivity index (χ2n) is 9.21. The molecule has 1 aliphatic heterocycles. The first-order chi connectivity index (χ1) is 16.7. The van der Waals surface area contributed by atoms with Crippen LogP contribution in [0.2, 0.25) is 5.02 Å². The lowest BCUT2D eigenvalue weighted by atomic mass is 10.0. The van der Waals surface area contributed by atoms with E-state index in [1.54, 1.807) is 4.68 Å². The van der Waals surface area contributed by atoms with Crippen LogP contribution in [0.4, 0.5) is 0 Å². The molecule has 0 amide bonds. The fraction of sp³-hybridized carbons (Fsp3) is 0.310. The van der Waals surface area contributed by atoms with Gasteiger partial charge < -0.3 is 4.90 Å². The normalized spacial score (nSPS) is 17.0. The van der Waals surface area contributed by atoms with Gasteiger partial charge in [-0.25, -0.2) is 4.68 Å². The number of rotatable bonds is 6. The number of nitrogens with zero attached hydrogens (tertiary/aromatic N) is 3. The summed E-state index contributed by atoms with van der Waals surface area (Å²) < 4.78 is 1.79. The van der Waals surface area contributed by atoms with Crippen molar-refractivity contribution in [1.29, 1.82) is 0 Å². The molecule has 1 unspecified atom stereocenters. The molecule has 0 radical (unpaired) electrons. The average Bonchev–Trinajstić information content (AvgIpc) is 3.12. The van der Waals surface area contributed by atoms with Gasteiger partial charge >= 0.3 is 0 Å². The van der Waals surface area contributed by atoms with Crippen molar-refractivity contribution >= 4 is 22.4 Å². The van der Waals surface area contributed by atoms with Crippen molar-refractivity contribution in [1.82, 2.24) is 14.7 Å². The van der Waals surface area contributed by atoms with Gasteiger partial charge in [-0.2, -0.15) is 5.10 Å². The highest BCUT2D eigenvalue weighted by Crippen LogP contribution is 2.24. The van der Waals surface area contributed by atoms with Gasteiger partial charge in [0.2, 0.25) is 0 Å². The van der Waals surface area contributed by atoms with E-state index in [-0.39, 0.29) is 11.6 Å². The van der Waals surface area contributed by atoms with Gasteiger partial charge in [-0.05, 0) is 61.6 Å². The smallest absolute Gasteiger partial charge is 0.274 e. The number of hydrogen-bond acceptors (Lipinski definition) is 3. The molecule has 1 aromatic heterocycles. The van der Waals surface area contributed by atoms with E-state index in [9.17, 15) is 4.79 Å². The van der Waals surface area contributed by atoms with Crippen LogP contribution in [0.5, 0.6) is 0 Å². The Hall–Kier alpha value is -2.95. The van der Waals surface area contributed by atoms with Gasteiger partial charge in [0.05, 0.1) is 17.1 Å². The molecule has 5 rings (SSSR count). The van der Waals surface area contributed by atoms with Crippen LogP contribution in [0.1, 0.15) is 42.1 Å². The predicted octanol–water partition coefficient (Wildman–Crippen LogP) is 5.91. The highest BCUT2D eigenvalue weighted by Gasteiger charge is 2.22. The lowest BCUT2D eigenvalue weighted by molar-refractivity contribution is 0.281. The third-order valence-corrected chi connectivity index (χ3v) is 7.14. The van der Waals surface area contributed by atoms with Gasteiger partial charge in [0.15, 0.2) is 0 Å². The molecule has 0 saturated carbocycles. The molecule has 0 aliphatic carbocycles. The van der Waals surface area contributed by atoms with Crippen molar-refractivity contribution in [3.63, 3.8) is 0 Å². The molecule has 5 heteroatoms. The number of fused-ring (bicyclic) bond motifs is 1. The van der Waals surface area contributed by atoms with Crippen LogP contribution in [-0.4, -0.2) is 34.3 Å². The molecule has 0 N–H and O–H groups in total. The lowest BCUT2D eigenvalue weighted by Gasteiger charge is -2.21. The van der Waals surface area contributed by atoms with Crippen molar-refractivity contribution in [3.8, 4) is 0 Å². The number of hydrogen-bond donors (Lipinski definition) is 0. The van der Waals surface area contributed by atoms with Crippen LogP contribution in [0, 0.1) is 0 Å². The van der Waals surface area contributed by atoms with Crippen molar-refractivity contribution in [2.24, 2.45) is 0 Å². The van der Waals surface area contributed by atoms with E-state index in [2.05, 4.69) is 35.2 Å². The zero-order chi connectivity index (χ0) is 23.3. The van der Waals surface area contributed by atoms with Crippen LogP contribution < -0.4 is 5.56 Å². The third kappa shape index (κ3) is 5.24. The highest BCUT2D eigenvalue weighted by atomic mass is 35.5. The fourth-order valence-corrected chi connectivity index (χ4v) is 5.11. The van der Waals surface area contributed by atoms with Crippen LogP contribution >= 0.6 is 11.6 Å². The summed E-state index contributed by atoms with van der Waals surface area (Å²) in [7, 11) is 0. The summed E-state index contributed by atoms with van der Waals surface area (Å²) >= 11 is 6.08. The van der Waals surface area contributed by atoms with E-state index in [1.165, 1.54) is 5.56 Å². The summed E-state index contributed by atoms with van der Waals surface area (Å²) in [6, 6.07) is 26.5. The standard InChI is InChI=1S/C29H30ClN3O/c30-24-14-12-23(13-15-24)21-28-26-10-4-5-11-27(26)29(34)33(31-28)25-9-6-18-32(20-17-25)19-16-22-7-2-1-3-8-22/h1-5,7-8,10-15,25H,6,9,16-21H2. The van der Waals surface area contributed by atoms with Gasteiger partial charge in [0.25, 0.3) is 5.56 Å². The summed E-state index contributed by atoms with van der Waals surface area (Å²) in [5, 5.41) is 7.38. The Labute approximate surface area is 205 Å². The van der Waals surface area contributed by atoms with E-state index in [0.29, 0.717) is 6.42 Å². The molecule has 4 aromatic rings. The highest BCUT2D eigenvalue weighted by molar-refractivity contribution is 6.30. The molecule has 0 spiro atoms. The summed E-state index contributed by atoms with van der Waals surface area (Å²) in [5.74, 6) is 0. The van der Waals surface area contributed by atoms with Gasteiger partial charge in [0, 0.05) is 29.9 Å². The molecule has 174 valence electrons. The summed E-state index contributed by atoms with van der Waals surface area (Å²) in [5.41, 5.74) is 3.49. The van der Waals surface area contributed by atoms with Gasteiger partial charge in [-0.3, -0.25) is 4.79 Å². The zero-order valence-electron chi connectivity index (χ0n) is 19.4. The maximum atomic E-state index is 13.5. The Kier molecular flexibility index (Phi) is 7.08. The van der Waals surface area contributed by atoms with Crippen LogP contribution in [0.25, 0.3) is 10.8 Å². The molecule has 4 nitrogen and oxygen atoms in total. The lowest BCUT2D eigenvalue weighted by Crippen LogP contribution is -2.30. The Morgan fingerprint density at radius 1 is 0.824 bits per heavy atom. The topological polar surface area (TPSA) is 38.1 Å². The molecule has 34 heavy (non-hydrogen) atoms. The zero-order valence-corrected chi connectivity index (χ0v) is 20.1. The van der Waals surface area contributed by atoms with E-state index >= 15 is 0 Å². The SMILES string of the molecule is O=c1c2ccccc2c(Cc2ccc(Cl)cc2)nn1C1CCCN(CCc2ccccc2)CC1. The summed E-state index contributed by atoms with van der Waals surface area (Å²) in [4.78, 5) is 16.0. The number of benzene rings is 3. The van der Waals surface area contributed by atoms with Crippen LogP contribution in [0.3, 0.4) is 0 Å². The van der Waals surface area contributed by atoms with E-state index in [4.69, 9.17) is 16.7 Å². The number of aromatic nitrogens is 2. The maximum absolute atomic E-state index is 13.5. The Morgan fingerprint density at radius 3 is 2.35 bits per heavy atom. The molecule has 1 aliphatic rings. The first-order valence-corrected chi connectivity index (χ1v) is 12.6. The first-order valence-electron chi connectivity index (χ1n) is 12.2. The minimum Gasteiger partial charge on any atom is -0.303 e. The van der Waals surface area contributed by atoms with Crippen LogP contribution in [0.15, 0.2) is 83.7 Å². The second-order valence-corrected chi connectivity index (χ2v) is 9.64. The number of halogens is 1. The van der Waals surface area contributed by atoms with Crippen molar-refractivity contribution in [2.45, 2.75) is 38.1 Å². The van der Waals surface area contributed by atoms with E-state index in [0.717, 1.165) is 72.4 Å². The number of likely N-dealkylation sites (tertiary alicyclic amines) is 1. The molecule has 2 heterocycles. The molecular weight excluding hydrogens is 442 g/mol. The predicted molar refractivity (Wildman–Crippen MR) is 140 cm³/mol. The van der Waals surface area contributed by atoms with Gasteiger partial charge in [0.1, 0.15) is 0 Å². The summed E-state index contributed by atoms with van der Waals surface area (Å²) in [6.07, 6.45) is 4.74. The Morgan fingerprint density at radius 2 is 1.56 bits per heavy atom. The van der Waals surface area contributed by atoms with Gasteiger partial charge in [-0.1, -0.05) is 72.3 Å². The second kappa shape index (κ2) is 10.5. The Bertz CT molecular complexity index is 1300.